The molecule has 2 aromatic heterocycles. The first-order chi connectivity index (χ1) is 5.42. The van der Waals surface area contributed by atoms with Gasteiger partial charge in [0.1, 0.15) is 0 Å². The molecule has 2 aromatic rings. The highest BCUT2D eigenvalue weighted by Gasteiger charge is 1.98. The lowest BCUT2D eigenvalue weighted by molar-refractivity contribution is 0.112. The Bertz CT molecular complexity index is 392. The highest BCUT2D eigenvalue weighted by molar-refractivity contribution is 5.94. The Hall–Kier alpha value is -1.64. The van der Waals surface area contributed by atoms with Crippen LogP contribution in [0, 0.1) is 0 Å². The molecule has 11 heavy (non-hydrogen) atoms. The fourth-order valence-electron chi connectivity index (χ4n) is 1.09. The van der Waals surface area contributed by atoms with Crippen LogP contribution >= 0.6 is 0 Å². The van der Waals surface area contributed by atoms with E-state index in [1.807, 2.05) is 6.07 Å². The monoisotopic (exact) mass is 146 g/mol. The van der Waals surface area contributed by atoms with Crippen molar-refractivity contribution in [3.8, 4) is 0 Å². The molecular formula is C8H6N2O. The van der Waals surface area contributed by atoms with E-state index in [4.69, 9.17) is 0 Å². The van der Waals surface area contributed by atoms with Crippen LogP contribution in [0.25, 0.3) is 10.9 Å². The van der Waals surface area contributed by atoms with E-state index in [0.717, 1.165) is 17.2 Å². The highest BCUT2D eigenvalue weighted by Crippen LogP contribution is 2.12. The lowest BCUT2D eigenvalue weighted by Crippen LogP contribution is -1.83. The van der Waals surface area contributed by atoms with E-state index < -0.39 is 0 Å². The summed E-state index contributed by atoms with van der Waals surface area (Å²) in [5, 5.41) is 0.967. The van der Waals surface area contributed by atoms with Crippen molar-refractivity contribution in [3.63, 3.8) is 0 Å². The van der Waals surface area contributed by atoms with Crippen LogP contribution in [0.4, 0.5) is 0 Å². The van der Waals surface area contributed by atoms with E-state index in [9.17, 15) is 4.79 Å². The number of hydrogen-bond acceptors (Lipinski definition) is 2. The van der Waals surface area contributed by atoms with E-state index in [-0.39, 0.29) is 0 Å². The third kappa shape index (κ3) is 0.816. The molecular weight excluding hydrogens is 140 g/mol. The number of carbonyl (C=O) groups excluding carboxylic acids is 1. The molecule has 0 fully saturated rings. The first-order valence-corrected chi connectivity index (χ1v) is 3.28. The van der Waals surface area contributed by atoms with Gasteiger partial charge in [0.25, 0.3) is 0 Å². The van der Waals surface area contributed by atoms with Crippen LogP contribution in [0.1, 0.15) is 10.4 Å². The third-order valence-corrected chi connectivity index (χ3v) is 1.62. The zero-order chi connectivity index (χ0) is 7.68. The number of aromatic amines is 1. The molecule has 0 spiro atoms. The second kappa shape index (κ2) is 2.20. The molecule has 0 atom stereocenters. The van der Waals surface area contributed by atoms with Crippen LogP contribution in [0.15, 0.2) is 24.7 Å². The second-order valence-electron chi connectivity index (χ2n) is 2.29. The Morgan fingerprint density at radius 1 is 1.45 bits per heavy atom. The van der Waals surface area contributed by atoms with Crippen LogP contribution in [0.3, 0.4) is 0 Å². The van der Waals surface area contributed by atoms with Crippen molar-refractivity contribution in [2.45, 2.75) is 0 Å². The van der Waals surface area contributed by atoms with Crippen molar-refractivity contribution in [1.82, 2.24) is 9.97 Å². The summed E-state index contributed by atoms with van der Waals surface area (Å²) in [5.41, 5.74) is 1.46. The van der Waals surface area contributed by atoms with Gasteiger partial charge in [0, 0.05) is 24.0 Å². The summed E-state index contributed by atoms with van der Waals surface area (Å²) < 4.78 is 0. The largest absolute Gasteiger partial charge is 0.361 e. The molecule has 1 N–H and O–H groups in total. The molecule has 0 aromatic carbocycles. The fourth-order valence-corrected chi connectivity index (χ4v) is 1.09. The van der Waals surface area contributed by atoms with Crippen molar-refractivity contribution in [2.24, 2.45) is 0 Å². The van der Waals surface area contributed by atoms with Gasteiger partial charge in [-0.25, -0.2) is 0 Å². The molecule has 3 heteroatoms. The molecule has 0 saturated carbocycles. The number of fused-ring (bicyclic) bond motifs is 1. The summed E-state index contributed by atoms with van der Waals surface area (Å²) in [4.78, 5) is 17.3. The molecule has 0 bridgehead atoms. The Balaban J connectivity index is 2.88. The second-order valence-corrected chi connectivity index (χ2v) is 2.29. The number of aromatic nitrogens is 2. The van der Waals surface area contributed by atoms with Gasteiger partial charge in [-0.05, 0) is 6.07 Å². The number of hydrogen-bond donors (Lipinski definition) is 1. The molecule has 3 nitrogen and oxygen atoms in total. The van der Waals surface area contributed by atoms with Crippen molar-refractivity contribution in [2.75, 3.05) is 0 Å². The topological polar surface area (TPSA) is 45.8 Å². The average Bonchev–Trinajstić information content (AvgIpc) is 2.50. The fraction of sp³-hybridized carbons (Fsp3) is 0. The molecule has 54 valence electrons. The van der Waals surface area contributed by atoms with Crippen LogP contribution < -0.4 is 0 Å². The third-order valence-electron chi connectivity index (χ3n) is 1.62. The summed E-state index contributed by atoms with van der Waals surface area (Å²) in [6, 6.07) is 1.88. The standard InChI is InChI=1S/C8H6N2O/c11-5-7-4-9-3-6-1-2-10-8(6)7/h1-5,10H. The Morgan fingerprint density at radius 2 is 2.36 bits per heavy atom. The van der Waals surface area contributed by atoms with Gasteiger partial charge >= 0.3 is 0 Å². The van der Waals surface area contributed by atoms with Gasteiger partial charge in [-0.3, -0.25) is 9.78 Å². The van der Waals surface area contributed by atoms with Crippen molar-refractivity contribution in [3.05, 3.63) is 30.2 Å². The lowest BCUT2D eigenvalue weighted by Gasteiger charge is -1.90. The summed E-state index contributed by atoms with van der Waals surface area (Å²) in [6.45, 7) is 0. The first kappa shape index (κ1) is 6.09. The zero-order valence-electron chi connectivity index (χ0n) is 5.74. The zero-order valence-corrected chi connectivity index (χ0v) is 5.74. The van der Waals surface area contributed by atoms with Gasteiger partial charge in [-0.2, -0.15) is 0 Å². The Labute approximate surface area is 63.1 Å². The Morgan fingerprint density at radius 3 is 3.18 bits per heavy atom. The van der Waals surface area contributed by atoms with Crippen molar-refractivity contribution in [1.29, 1.82) is 0 Å². The number of pyridine rings is 1. The smallest absolute Gasteiger partial charge is 0.153 e. The molecule has 0 radical (unpaired) electrons. The van der Waals surface area contributed by atoms with Gasteiger partial charge < -0.3 is 4.98 Å². The van der Waals surface area contributed by atoms with E-state index >= 15 is 0 Å². The minimum absolute atomic E-state index is 0.604. The molecule has 2 heterocycles. The number of nitrogens with one attached hydrogen (secondary N) is 1. The average molecular weight is 146 g/mol. The van der Waals surface area contributed by atoms with Gasteiger partial charge in [0.05, 0.1) is 11.1 Å². The number of aldehydes is 1. The SMILES string of the molecule is O=Cc1cncc2cc[nH]c12. The van der Waals surface area contributed by atoms with Crippen LogP contribution in [0.2, 0.25) is 0 Å². The maximum absolute atomic E-state index is 10.5. The van der Waals surface area contributed by atoms with Crippen LogP contribution in [-0.2, 0) is 0 Å². The minimum atomic E-state index is 0.604. The number of H-pyrrole nitrogens is 1. The van der Waals surface area contributed by atoms with Gasteiger partial charge in [-0.15, -0.1) is 0 Å². The maximum Gasteiger partial charge on any atom is 0.153 e. The first-order valence-electron chi connectivity index (χ1n) is 3.28. The van der Waals surface area contributed by atoms with E-state index in [0.29, 0.717) is 5.56 Å². The summed E-state index contributed by atoms with van der Waals surface area (Å²) in [5.74, 6) is 0. The molecule has 0 amide bonds. The van der Waals surface area contributed by atoms with Gasteiger partial charge in [0.2, 0.25) is 0 Å². The normalized spacial score (nSPS) is 10.2. The van der Waals surface area contributed by atoms with Crippen molar-refractivity contribution < 1.29 is 4.79 Å². The Kier molecular flexibility index (Phi) is 1.22. The van der Waals surface area contributed by atoms with Gasteiger partial charge in [0.15, 0.2) is 6.29 Å². The highest BCUT2D eigenvalue weighted by atomic mass is 16.1. The van der Waals surface area contributed by atoms with Gasteiger partial charge in [-0.1, -0.05) is 0 Å². The molecule has 0 saturated heterocycles. The van der Waals surface area contributed by atoms with Crippen molar-refractivity contribution >= 4 is 17.2 Å². The number of carbonyl (C=O) groups is 1. The summed E-state index contributed by atoms with van der Waals surface area (Å²) in [6.07, 6.45) is 5.86. The predicted octanol–water partition coefficient (Wildman–Crippen LogP) is 1.38. The molecule has 2 rings (SSSR count). The van der Waals surface area contributed by atoms with Crippen LogP contribution in [0.5, 0.6) is 0 Å². The summed E-state index contributed by atoms with van der Waals surface area (Å²) in [7, 11) is 0. The molecule has 0 aliphatic rings. The minimum Gasteiger partial charge on any atom is -0.361 e. The number of rotatable bonds is 1. The maximum atomic E-state index is 10.5. The van der Waals surface area contributed by atoms with Crippen LogP contribution in [-0.4, -0.2) is 16.3 Å². The molecule has 0 aliphatic carbocycles. The lowest BCUT2D eigenvalue weighted by atomic mass is 10.2. The quantitative estimate of drug-likeness (QED) is 0.617. The molecule has 0 aliphatic heterocycles. The van der Waals surface area contributed by atoms with E-state index in [1.54, 1.807) is 18.6 Å². The van der Waals surface area contributed by atoms with E-state index in [2.05, 4.69) is 9.97 Å². The predicted molar refractivity (Wildman–Crippen MR) is 41.5 cm³/mol. The summed E-state index contributed by atoms with van der Waals surface area (Å²) >= 11 is 0. The van der Waals surface area contributed by atoms with E-state index in [1.165, 1.54) is 0 Å². The number of nitrogens with zero attached hydrogens (tertiary/aromatic N) is 1. The molecule has 0 unspecified atom stereocenters.